The Morgan fingerprint density at radius 3 is 2.15 bits per heavy atom. The van der Waals surface area contributed by atoms with Crippen LogP contribution in [0.15, 0.2) is 72.8 Å². The predicted molar refractivity (Wildman–Crippen MR) is 162 cm³/mol. The molecule has 0 aromatic heterocycles. The number of nitrogens with zero attached hydrogens (tertiary/aromatic N) is 2. The summed E-state index contributed by atoms with van der Waals surface area (Å²) in [7, 11) is -3.85. The van der Waals surface area contributed by atoms with Crippen LogP contribution in [0, 0.1) is 6.92 Å². The van der Waals surface area contributed by atoms with Crippen LogP contribution in [0.1, 0.15) is 37.0 Å². The summed E-state index contributed by atoms with van der Waals surface area (Å²) in [5.41, 5.74) is 2.51. The molecule has 3 aromatic rings. The molecular formula is C30H35Cl2N3O4S. The van der Waals surface area contributed by atoms with Crippen molar-refractivity contribution in [2.75, 3.05) is 17.1 Å². The smallest absolute Gasteiger partial charge is 0.244 e. The van der Waals surface area contributed by atoms with Crippen molar-refractivity contribution in [2.45, 2.75) is 52.2 Å². The number of rotatable bonds is 12. The third-order valence-electron chi connectivity index (χ3n) is 6.63. The second kappa shape index (κ2) is 14.0. The lowest BCUT2D eigenvalue weighted by Gasteiger charge is -2.34. The number of carbonyl (C=O) groups is 2. The van der Waals surface area contributed by atoms with Crippen molar-refractivity contribution in [1.29, 1.82) is 0 Å². The normalized spacial score (nSPS) is 12.8. The molecule has 2 atom stereocenters. The van der Waals surface area contributed by atoms with Crippen LogP contribution in [0.5, 0.6) is 0 Å². The van der Waals surface area contributed by atoms with Gasteiger partial charge in [0, 0.05) is 34.6 Å². The molecule has 0 fully saturated rings. The molecule has 7 nitrogen and oxygen atoms in total. The Bertz CT molecular complexity index is 1410. The monoisotopic (exact) mass is 603 g/mol. The highest BCUT2D eigenvalue weighted by Gasteiger charge is 2.34. The summed E-state index contributed by atoms with van der Waals surface area (Å²) in [5, 5.41) is 3.67. The largest absolute Gasteiger partial charge is 0.352 e. The van der Waals surface area contributed by atoms with Gasteiger partial charge in [-0.2, -0.15) is 0 Å². The molecule has 0 spiro atoms. The average molecular weight is 605 g/mol. The fourth-order valence-electron chi connectivity index (χ4n) is 4.25. The molecule has 0 aliphatic carbocycles. The van der Waals surface area contributed by atoms with Crippen LogP contribution in [0.3, 0.4) is 0 Å². The third kappa shape index (κ3) is 8.46. The van der Waals surface area contributed by atoms with E-state index in [-0.39, 0.29) is 24.9 Å². The van der Waals surface area contributed by atoms with Crippen LogP contribution in [0.2, 0.25) is 10.0 Å². The SMILES string of the molecule is CC[C@H](C)NC(=O)[C@H](Cc1ccccc1)N(Cc1c(Cl)cccc1Cl)C(=O)CN(c1cccc(C)c1)S(C)(=O)=O. The topological polar surface area (TPSA) is 86.8 Å². The fourth-order valence-corrected chi connectivity index (χ4v) is 5.60. The van der Waals surface area contributed by atoms with Gasteiger partial charge in [0.2, 0.25) is 21.8 Å². The van der Waals surface area contributed by atoms with Gasteiger partial charge in [-0.25, -0.2) is 8.42 Å². The van der Waals surface area contributed by atoms with E-state index in [0.29, 0.717) is 27.7 Å². The second-order valence-corrected chi connectivity index (χ2v) is 12.6. The van der Waals surface area contributed by atoms with Crippen molar-refractivity contribution in [3.05, 3.63) is 99.5 Å². The molecule has 214 valence electrons. The van der Waals surface area contributed by atoms with Crippen molar-refractivity contribution in [1.82, 2.24) is 10.2 Å². The van der Waals surface area contributed by atoms with E-state index in [1.165, 1.54) is 4.90 Å². The van der Waals surface area contributed by atoms with Gasteiger partial charge in [0.15, 0.2) is 0 Å². The zero-order valence-electron chi connectivity index (χ0n) is 23.1. The number of aryl methyl sites for hydroxylation is 1. The molecule has 3 aromatic carbocycles. The lowest BCUT2D eigenvalue weighted by molar-refractivity contribution is -0.140. The van der Waals surface area contributed by atoms with E-state index in [2.05, 4.69) is 5.32 Å². The molecule has 0 unspecified atom stereocenters. The third-order valence-corrected chi connectivity index (χ3v) is 8.48. The minimum atomic E-state index is -3.85. The summed E-state index contributed by atoms with van der Waals surface area (Å²) in [5.74, 6) is -0.917. The van der Waals surface area contributed by atoms with Gasteiger partial charge in [-0.15, -0.1) is 0 Å². The van der Waals surface area contributed by atoms with E-state index in [4.69, 9.17) is 23.2 Å². The maximum Gasteiger partial charge on any atom is 0.244 e. The molecule has 0 aliphatic heterocycles. The summed E-state index contributed by atoms with van der Waals surface area (Å²) in [6, 6.07) is 20.2. The number of benzene rings is 3. The minimum absolute atomic E-state index is 0.0891. The van der Waals surface area contributed by atoms with E-state index in [1.54, 1.807) is 36.4 Å². The molecule has 10 heteroatoms. The van der Waals surface area contributed by atoms with E-state index in [1.807, 2.05) is 57.2 Å². The van der Waals surface area contributed by atoms with Crippen LogP contribution in [-0.2, 0) is 32.6 Å². The molecule has 0 bridgehead atoms. The zero-order chi connectivity index (χ0) is 29.4. The number of halogens is 2. The Labute approximate surface area is 247 Å². The Morgan fingerprint density at radius 1 is 0.950 bits per heavy atom. The van der Waals surface area contributed by atoms with Crippen molar-refractivity contribution >= 4 is 50.7 Å². The first kappa shape index (κ1) is 31.5. The standard InChI is InChI=1S/C30H35Cl2N3O4S/c1-5-22(3)33-30(37)28(18-23-12-7-6-8-13-23)34(19-25-26(31)15-10-16-27(25)32)29(36)20-35(40(4,38)39)24-14-9-11-21(2)17-24/h6-17,22,28H,5,18-20H2,1-4H3,(H,33,37)/t22-,28-/m0/s1. The van der Waals surface area contributed by atoms with Crippen molar-refractivity contribution in [2.24, 2.45) is 0 Å². The highest BCUT2D eigenvalue weighted by atomic mass is 35.5. The van der Waals surface area contributed by atoms with Crippen LogP contribution < -0.4 is 9.62 Å². The number of nitrogens with one attached hydrogen (secondary N) is 1. The van der Waals surface area contributed by atoms with Gasteiger partial charge >= 0.3 is 0 Å². The molecular weight excluding hydrogens is 569 g/mol. The maximum atomic E-state index is 14.1. The van der Waals surface area contributed by atoms with Crippen molar-refractivity contribution < 1.29 is 18.0 Å². The maximum absolute atomic E-state index is 14.1. The molecule has 0 saturated heterocycles. The van der Waals surface area contributed by atoms with Gasteiger partial charge in [0.05, 0.1) is 11.9 Å². The van der Waals surface area contributed by atoms with Gasteiger partial charge in [0.1, 0.15) is 12.6 Å². The fraction of sp³-hybridized carbons (Fsp3) is 0.333. The first-order chi connectivity index (χ1) is 18.9. The van der Waals surface area contributed by atoms with E-state index in [9.17, 15) is 18.0 Å². The number of carbonyl (C=O) groups excluding carboxylic acids is 2. The molecule has 2 amide bonds. The summed E-state index contributed by atoms with van der Waals surface area (Å²) >= 11 is 13.0. The summed E-state index contributed by atoms with van der Waals surface area (Å²) in [6.45, 7) is 5.08. The van der Waals surface area contributed by atoms with Crippen LogP contribution in [-0.4, -0.2) is 50.0 Å². The number of anilines is 1. The Kier molecular flexibility index (Phi) is 11.0. The second-order valence-electron chi connectivity index (χ2n) is 9.85. The van der Waals surface area contributed by atoms with Crippen LogP contribution >= 0.6 is 23.2 Å². The summed E-state index contributed by atoms with van der Waals surface area (Å²) < 4.78 is 26.8. The lowest BCUT2D eigenvalue weighted by atomic mass is 10.0. The highest BCUT2D eigenvalue weighted by Crippen LogP contribution is 2.28. The molecule has 0 saturated carbocycles. The summed E-state index contributed by atoms with van der Waals surface area (Å²) in [6.07, 6.45) is 1.96. The van der Waals surface area contributed by atoms with E-state index >= 15 is 0 Å². The number of sulfonamides is 1. The average Bonchev–Trinajstić information content (AvgIpc) is 2.90. The molecule has 0 radical (unpaired) electrons. The number of hydrogen-bond donors (Lipinski definition) is 1. The molecule has 1 N–H and O–H groups in total. The summed E-state index contributed by atoms with van der Waals surface area (Å²) in [4.78, 5) is 29.2. The van der Waals surface area contributed by atoms with E-state index in [0.717, 1.165) is 21.7 Å². The van der Waals surface area contributed by atoms with Crippen LogP contribution in [0.4, 0.5) is 5.69 Å². The van der Waals surface area contributed by atoms with Gasteiger partial charge in [0.25, 0.3) is 0 Å². The van der Waals surface area contributed by atoms with Crippen LogP contribution in [0.25, 0.3) is 0 Å². The zero-order valence-corrected chi connectivity index (χ0v) is 25.4. The minimum Gasteiger partial charge on any atom is -0.352 e. The molecule has 0 heterocycles. The lowest BCUT2D eigenvalue weighted by Crippen LogP contribution is -2.54. The van der Waals surface area contributed by atoms with Crippen molar-refractivity contribution in [3.63, 3.8) is 0 Å². The van der Waals surface area contributed by atoms with Crippen molar-refractivity contribution in [3.8, 4) is 0 Å². The quantitative estimate of drug-likeness (QED) is 0.291. The van der Waals surface area contributed by atoms with Gasteiger partial charge < -0.3 is 10.2 Å². The molecule has 0 aliphatic rings. The van der Waals surface area contributed by atoms with Gasteiger partial charge in [-0.1, -0.05) is 78.7 Å². The Hall–Kier alpha value is -3.07. The Balaban J connectivity index is 2.11. The Morgan fingerprint density at radius 2 is 1.57 bits per heavy atom. The molecule has 3 rings (SSSR count). The highest BCUT2D eigenvalue weighted by molar-refractivity contribution is 7.92. The number of hydrogen-bond acceptors (Lipinski definition) is 4. The number of amides is 2. The predicted octanol–water partition coefficient (Wildman–Crippen LogP) is 5.62. The molecule has 40 heavy (non-hydrogen) atoms. The first-order valence-electron chi connectivity index (χ1n) is 13.0. The first-order valence-corrected chi connectivity index (χ1v) is 15.6. The van der Waals surface area contributed by atoms with Gasteiger partial charge in [-0.05, 0) is 55.7 Å². The van der Waals surface area contributed by atoms with E-state index < -0.39 is 28.5 Å². The van der Waals surface area contributed by atoms with Gasteiger partial charge in [-0.3, -0.25) is 13.9 Å².